The van der Waals surface area contributed by atoms with Crippen molar-refractivity contribution in [3.8, 4) is 0 Å². The summed E-state index contributed by atoms with van der Waals surface area (Å²) in [6.07, 6.45) is 7.93. The van der Waals surface area contributed by atoms with E-state index in [0.717, 1.165) is 10.9 Å². The van der Waals surface area contributed by atoms with Crippen LogP contribution < -0.4 is 0 Å². The summed E-state index contributed by atoms with van der Waals surface area (Å²) in [6.45, 7) is 0. The van der Waals surface area contributed by atoms with E-state index < -0.39 is 0 Å². The van der Waals surface area contributed by atoms with Gasteiger partial charge in [-0.05, 0) is 43.0 Å². The zero-order chi connectivity index (χ0) is 11.7. The molecule has 1 aromatic heterocycles. The van der Waals surface area contributed by atoms with E-state index in [1.165, 1.54) is 50.3 Å². The van der Waals surface area contributed by atoms with Gasteiger partial charge in [0.2, 0.25) is 0 Å². The number of aromatic nitrogens is 1. The zero-order valence-corrected chi connectivity index (χ0v) is 10.0. The van der Waals surface area contributed by atoms with Gasteiger partial charge in [-0.2, -0.15) is 0 Å². The molecule has 90 valence electrons. The Morgan fingerprint density at radius 2 is 1.76 bits per heavy atom. The molecule has 3 rings (SSSR count). The summed E-state index contributed by atoms with van der Waals surface area (Å²) < 4.78 is 13.1. The number of fused-ring (bicyclic) bond motifs is 1. The van der Waals surface area contributed by atoms with Crippen molar-refractivity contribution in [1.29, 1.82) is 0 Å². The van der Waals surface area contributed by atoms with Crippen LogP contribution in [0, 0.1) is 5.82 Å². The molecule has 17 heavy (non-hydrogen) atoms. The first kappa shape index (κ1) is 10.8. The molecule has 0 aliphatic heterocycles. The molecule has 1 aliphatic carbocycles. The van der Waals surface area contributed by atoms with Crippen LogP contribution in [0.2, 0.25) is 0 Å². The normalized spacial score (nSPS) is 18.4. The second-order valence-corrected chi connectivity index (χ2v) is 5.14. The van der Waals surface area contributed by atoms with E-state index in [0.29, 0.717) is 5.92 Å². The van der Waals surface area contributed by atoms with Crippen LogP contribution in [0.5, 0.6) is 0 Å². The third-order valence-electron chi connectivity index (χ3n) is 3.90. The van der Waals surface area contributed by atoms with Crippen molar-refractivity contribution in [3.63, 3.8) is 0 Å². The van der Waals surface area contributed by atoms with Gasteiger partial charge >= 0.3 is 0 Å². The van der Waals surface area contributed by atoms with E-state index in [9.17, 15) is 4.39 Å². The van der Waals surface area contributed by atoms with Crippen LogP contribution in [0.4, 0.5) is 4.39 Å². The highest BCUT2D eigenvalue weighted by atomic mass is 19.1. The molecule has 0 unspecified atom stereocenters. The standard InChI is InChI=1S/C15H18FN/c16-13-7-8-14-12(9-13)10-15(17-14)11-5-3-1-2-4-6-11/h7-11,17H,1-6H2. The number of hydrogen-bond donors (Lipinski definition) is 1. The maximum atomic E-state index is 13.1. The topological polar surface area (TPSA) is 15.8 Å². The van der Waals surface area contributed by atoms with E-state index in [1.54, 1.807) is 6.07 Å². The molecule has 1 aliphatic rings. The quantitative estimate of drug-likeness (QED) is 0.682. The molecular weight excluding hydrogens is 213 g/mol. The number of nitrogens with one attached hydrogen (secondary N) is 1. The van der Waals surface area contributed by atoms with Crippen molar-refractivity contribution in [2.45, 2.75) is 44.4 Å². The van der Waals surface area contributed by atoms with Crippen LogP contribution in [0.1, 0.15) is 50.1 Å². The van der Waals surface area contributed by atoms with Gasteiger partial charge in [0, 0.05) is 16.6 Å². The van der Waals surface area contributed by atoms with Crippen LogP contribution in [-0.2, 0) is 0 Å². The smallest absolute Gasteiger partial charge is 0.123 e. The lowest BCUT2D eigenvalue weighted by atomic mass is 9.97. The number of H-pyrrole nitrogens is 1. The fraction of sp³-hybridized carbons (Fsp3) is 0.467. The molecule has 2 aromatic rings. The van der Waals surface area contributed by atoms with Crippen LogP contribution in [0.3, 0.4) is 0 Å². The van der Waals surface area contributed by atoms with Gasteiger partial charge in [-0.15, -0.1) is 0 Å². The minimum Gasteiger partial charge on any atom is -0.358 e. The first-order valence-electron chi connectivity index (χ1n) is 6.61. The average molecular weight is 231 g/mol. The molecule has 2 heteroatoms. The number of benzene rings is 1. The highest BCUT2D eigenvalue weighted by molar-refractivity contribution is 5.80. The number of rotatable bonds is 1. The number of halogens is 1. The van der Waals surface area contributed by atoms with Crippen LogP contribution >= 0.6 is 0 Å². The highest BCUT2D eigenvalue weighted by Gasteiger charge is 2.16. The Morgan fingerprint density at radius 3 is 2.53 bits per heavy atom. The van der Waals surface area contributed by atoms with Gasteiger partial charge in [-0.1, -0.05) is 25.7 Å². The summed E-state index contributed by atoms with van der Waals surface area (Å²) in [7, 11) is 0. The predicted octanol–water partition coefficient (Wildman–Crippen LogP) is 4.74. The first-order chi connectivity index (χ1) is 8.33. The molecule has 1 aromatic carbocycles. The molecule has 0 atom stereocenters. The lowest BCUT2D eigenvalue weighted by Gasteiger charge is -2.11. The fourth-order valence-corrected chi connectivity index (χ4v) is 2.94. The SMILES string of the molecule is Fc1ccc2[nH]c(C3CCCCCC3)cc2c1. The molecule has 0 spiro atoms. The van der Waals surface area contributed by atoms with Gasteiger partial charge in [-0.25, -0.2) is 4.39 Å². The second kappa shape index (κ2) is 4.52. The largest absolute Gasteiger partial charge is 0.358 e. The molecule has 0 bridgehead atoms. The second-order valence-electron chi connectivity index (χ2n) is 5.14. The van der Waals surface area contributed by atoms with E-state index in [2.05, 4.69) is 11.1 Å². The van der Waals surface area contributed by atoms with E-state index in [4.69, 9.17) is 0 Å². The first-order valence-corrected chi connectivity index (χ1v) is 6.61. The summed E-state index contributed by atoms with van der Waals surface area (Å²) in [5, 5.41) is 1.00. The van der Waals surface area contributed by atoms with E-state index in [-0.39, 0.29) is 5.82 Å². The monoisotopic (exact) mass is 231 g/mol. The Labute approximate surface area is 101 Å². The molecule has 1 heterocycles. The minimum atomic E-state index is -0.149. The summed E-state index contributed by atoms with van der Waals surface area (Å²) in [4.78, 5) is 3.45. The molecule has 1 N–H and O–H groups in total. The molecule has 0 amide bonds. The van der Waals surface area contributed by atoms with Crippen molar-refractivity contribution in [2.75, 3.05) is 0 Å². The van der Waals surface area contributed by atoms with Crippen molar-refractivity contribution >= 4 is 10.9 Å². The van der Waals surface area contributed by atoms with Crippen molar-refractivity contribution in [3.05, 3.63) is 35.8 Å². The summed E-state index contributed by atoms with van der Waals surface area (Å²) >= 11 is 0. The average Bonchev–Trinajstić information content (AvgIpc) is 2.57. The molecule has 1 saturated carbocycles. The maximum absolute atomic E-state index is 13.1. The molecule has 0 saturated heterocycles. The van der Waals surface area contributed by atoms with Crippen LogP contribution in [0.25, 0.3) is 10.9 Å². The number of hydrogen-bond acceptors (Lipinski definition) is 0. The molecule has 1 fully saturated rings. The molecule has 1 nitrogen and oxygen atoms in total. The van der Waals surface area contributed by atoms with E-state index in [1.807, 2.05) is 6.07 Å². The van der Waals surface area contributed by atoms with Gasteiger partial charge in [0.1, 0.15) is 5.82 Å². The number of aromatic amines is 1. The van der Waals surface area contributed by atoms with Gasteiger partial charge in [0.25, 0.3) is 0 Å². The van der Waals surface area contributed by atoms with Gasteiger partial charge in [-0.3, -0.25) is 0 Å². The lowest BCUT2D eigenvalue weighted by molar-refractivity contribution is 0.581. The van der Waals surface area contributed by atoms with E-state index >= 15 is 0 Å². The summed E-state index contributed by atoms with van der Waals surface area (Å²) in [5.41, 5.74) is 2.36. The highest BCUT2D eigenvalue weighted by Crippen LogP contribution is 2.32. The Bertz CT molecular complexity index is 507. The van der Waals surface area contributed by atoms with Gasteiger partial charge < -0.3 is 4.98 Å². The molecule has 0 radical (unpaired) electrons. The van der Waals surface area contributed by atoms with Crippen LogP contribution in [-0.4, -0.2) is 4.98 Å². The van der Waals surface area contributed by atoms with Crippen molar-refractivity contribution in [1.82, 2.24) is 4.98 Å². The Hall–Kier alpha value is -1.31. The third kappa shape index (κ3) is 2.21. The Kier molecular flexibility index (Phi) is 2.87. The molecular formula is C15H18FN. The predicted molar refractivity (Wildman–Crippen MR) is 68.7 cm³/mol. The lowest BCUT2D eigenvalue weighted by Crippen LogP contribution is -1.96. The maximum Gasteiger partial charge on any atom is 0.123 e. The Balaban J connectivity index is 1.93. The fourth-order valence-electron chi connectivity index (χ4n) is 2.94. The Morgan fingerprint density at radius 1 is 1.00 bits per heavy atom. The third-order valence-corrected chi connectivity index (χ3v) is 3.90. The summed E-state index contributed by atoms with van der Waals surface area (Å²) in [5.74, 6) is 0.497. The van der Waals surface area contributed by atoms with Crippen molar-refractivity contribution < 1.29 is 4.39 Å². The zero-order valence-electron chi connectivity index (χ0n) is 10.0. The van der Waals surface area contributed by atoms with Gasteiger partial charge in [0.15, 0.2) is 0 Å². The van der Waals surface area contributed by atoms with Crippen molar-refractivity contribution in [2.24, 2.45) is 0 Å². The van der Waals surface area contributed by atoms with Gasteiger partial charge in [0.05, 0.1) is 0 Å². The summed E-state index contributed by atoms with van der Waals surface area (Å²) in [6, 6.07) is 7.11. The van der Waals surface area contributed by atoms with Crippen LogP contribution in [0.15, 0.2) is 24.3 Å². The minimum absolute atomic E-state index is 0.149.